The normalized spacial score (nSPS) is 15.2. The minimum atomic E-state index is -1.11. The Labute approximate surface area is 186 Å². The Bertz CT molecular complexity index is 1180. The highest BCUT2D eigenvalue weighted by Crippen LogP contribution is 2.43. The number of amides is 1. The summed E-state index contributed by atoms with van der Waals surface area (Å²) in [6.07, 6.45) is 4.95. The van der Waals surface area contributed by atoms with Gasteiger partial charge in [0, 0.05) is 44.4 Å². The second kappa shape index (κ2) is 9.17. The van der Waals surface area contributed by atoms with Gasteiger partial charge in [-0.3, -0.25) is 25.1 Å². The van der Waals surface area contributed by atoms with Crippen molar-refractivity contribution >= 4 is 45.4 Å². The van der Waals surface area contributed by atoms with Crippen LogP contribution in [0.25, 0.3) is 16.5 Å². The fourth-order valence-electron chi connectivity index (χ4n) is 3.85. The highest BCUT2D eigenvalue weighted by molar-refractivity contribution is 6.22. The van der Waals surface area contributed by atoms with Crippen LogP contribution >= 0.6 is 0 Å². The smallest absolute Gasteiger partial charge is 0.251 e. The van der Waals surface area contributed by atoms with Gasteiger partial charge in [0.05, 0.1) is 53.7 Å². The molecule has 0 unspecified atom stereocenters. The van der Waals surface area contributed by atoms with Crippen molar-refractivity contribution in [2.24, 2.45) is 4.99 Å². The van der Waals surface area contributed by atoms with E-state index in [2.05, 4.69) is 15.3 Å². The molecule has 1 aromatic heterocycles. The minimum absolute atomic E-state index is 0.0310. The Morgan fingerprint density at radius 3 is 2.69 bits per heavy atom. The lowest BCUT2D eigenvalue weighted by Crippen LogP contribution is -2.45. The zero-order valence-corrected chi connectivity index (χ0v) is 19.1. The van der Waals surface area contributed by atoms with Crippen LogP contribution in [-0.2, 0) is 4.79 Å². The number of benzene rings is 1. The first kappa shape index (κ1) is 22.9. The molecular weight excluding hydrogens is 411 g/mol. The van der Waals surface area contributed by atoms with E-state index in [0.29, 0.717) is 39.3 Å². The molecule has 0 saturated carbocycles. The molecule has 1 aliphatic rings. The minimum Gasteiger partial charge on any atom is -0.496 e. The van der Waals surface area contributed by atoms with Gasteiger partial charge in [-0.2, -0.15) is 4.39 Å². The zero-order chi connectivity index (χ0) is 23.6. The molecule has 1 amide bonds. The van der Waals surface area contributed by atoms with Crippen LogP contribution in [0.2, 0.25) is 0 Å². The van der Waals surface area contributed by atoms with Crippen molar-refractivity contribution in [2.75, 3.05) is 44.6 Å². The van der Waals surface area contributed by atoms with Crippen molar-refractivity contribution < 1.29 is 13.9 Å². The molecule has 3 rings (SSSR count). The van der Waals surface area contributed by atoms with Crippen molar-refractivity contribution in [1.29, 1.82) is 5.41 Å². The number of likely N-dealkylation sites (N-methyl/N-ethyl adjacent to an activating group) is 1. The van der Waals surface area contributed by atoms with Gasteiger partial charge in [-0.05, 0) is 19.9 Å². The van der Waals surface area contributed by atoms with E-state index in [-0.39, 0.29) is 18.0 Å². The lowest BCUT2D eigenvalue weighted by atomic mass is 9.99. The summed E-state index contributed by atoms with van der Waals surface area (Å²) in [4.78, 5) is 25.5. The number of anilines is 2. The van der Waals surface area contributed by atoms with Crippen molar-refractivity contribution in [1.82, 2.24) is 10.3 Å². The van der Waals surface area contributed by atoms with Gasteiger partial charge in [0.1, 0.15) is 5.75 Å². The van der Waals surface area contributed by atoms with Crippen LogP contribution in [-0.4, -0.2) is 57.4 Å². The predicted molar refractivity (Wildman–Crippen MR) is 128 cm³/mol. The molecule has 1 aliphatic heterocycles. The number of ether oxygens (including phenoxy) is 1. The lowest BCUT2D eigenvalue weighted by molar-refractivity contribution is -0.117. The first-order valence-corrected chi connectivity index (χ1v) is 10.1. The number of carbonyl (C=O) groups excluding carboxylic acids is 1. The number of aromatic nitrogens is 1. The lowest BCUT2D eigenvalue weighted by Gasteiger charge is -2.37. The number of halogens is 1. The maximum atomic E-state index is 14.1. The number of nitrogens with one attached hydrogen (secondary N) is 2. The molecule has 2 aromatic rings. The van der Waals surface area contributed by atoms with Crippen LogP contribution in [0, 0.1) is 5.41 Å². The number of methoxy groups -OCH3 is 1. The van der Waals surface area contributed by atoms with Gasteiger partial charge in [0.25, 0.3) is 5.91 Å². The fourth-order valence-corrected chi connectivity index (χ4v) is 3.85. The molecule has 2 heterocycles. The molecule has 1 aromatic carbocycles. The number of nitrogens with zero attached hydrogens (tertiary/aromatic N) is 4. The third-order valence-electron chi connectivity index (χ3n) is 5.43. The van der Waals surface area contributed by atoms with Gasteiger partial charge >= 0.3 is 0 Å². The SMILES string of the molecule is C/C=C(\C(C)=N/C)N1C(=O)CN(C)c2cnc3cc(OC)c(/C(=C/NC)C(=N)F)cc3c21. The quantitative estimate of drug-likeness (QED) is 0.673. The number of aliphatic imine (C=N–C) groups is 1. The fraction of sp³-hybridized carbons (Fsp3) is 0.304. The number of hydrogen-bond acceptors (Lipinski definition) is 7. The molecule has 0 atom stereocenters. The molecule has 32 heavy (non-hydrogen) atoms. The number of fused-ring (bicyclic) bond motifs is 3. The monoisotopic (exact) mass is 438 g/mol. The molecule has 8 nitrogen and oxygen atoms in total. The summed E-state index contributed by atoms with van der Waals surface area (Å²) in [7, 11) is 6.60. The highest BCUT2D eigenvalue weighted by atomic mass is 19.1. The van der Waals surface area contributed by atoms with Gasteiger partial charge in [-0.15, -0.1) is 0 Å². The Morgan fingerprint density at radius 1 is 1.41 bits per heavy atom. The topological polar surface area (TPSA) is 93.9 Å². The van der Waals surface area contributed by atoms with E-state index in [0.717, 1.165) is 5.69 Å². The average Bonchev–Trinajstić information content (AvgIpc) is 2.78. The summed E-state index contributed by atoms with van der Waals surface area (Å²) in [6.45, 7) is 3.87. The summed E-state index contributed by atoms with van der Waals surface area (Å²) in [5, 5.41) is 11.0. The number of pyridine rings is 1. The van der Waals surface area contributed by atoms with E-state index in [1.807, 2.05) is 31.9 Å². The molecule has 0 fully saturated rings. The number of carbonyl (C=O) groups is 1. The van der Waals surface area contributed by atoms with Crippen LogP contribution in [0.4, 0.5) is 15.8 Å². The molecular formula is C23H27FN6O2. The maximum Gasteiger partial charge on any atom is 0.251 e. The van der Waals surface area contributed by atoms with Gasteiger partial charge in [0.2, 0.25) is 5.97 Å². The third kappa shape index (κ3) is 3.81. The van der Waals surface area contributed by atoms with Crippen molar-refractivity contribution in [3.05, 3.63) is 41.9 Å². The summed E-state index contributed by atoms with van der Waals surface area (Å²) in [5.74, 6) is -0.860. The Balaban J connectivity index is 2.44. The van der Waals surface area contributed by atoms with Gasteiger partial charge in [-0.25, -0.2) is 0 Å². The third-order valence-corrected chi connectivity index (χ3v) is 5.43. The summed E-state index contributed by atoms with van der Waals surface area (Å²) >= 11 is 0. The van der Waals surface area contributed by atoms with E-state index in [1.165, 1.54) is 13.3 Å². The van der Waals surface area contributed by atoms with Crippen molar-refractivity contribution in [3.63, 3.8) is 0 Å². The zero-order valence-electron chi connectivity index (χ0n) is 19.1. The van der Waals surface area contributed by atoms with Crippen LogP contribution in [0.1, 0.15) is 19.4 Å². The maximum absolute atomic E-state index is 14.1. The van der Waals surface area contributed by atoms with Crippen LogP contribution in [0.5, 0.6) is 5.75 Å². The molecule has 168 valence electrons. The molecule has 0 saturated heterocycles. The Morgan fingerprint density at radius 2 is 2.12 bits per heavy atom. The molecule has 0 bridgehead atoms. The summed E-state index contributed by atoms with van der Waals surface area (Å²) < 4.78 is 19.6. The van der Waals surface area contributed by atoms with E-state index in [9.17, 15) is 9.18 Å². The molecule has 0 radical (unpaired) electrons. The first-order chi connectivity index (χ1) is 15.3. The van der Waals surface area contributed by atoms with Gasteiger partial charge in [-0.1, -0.05) is 6.08 Å². The number of hydrogen-bond donors (Lipinski definition) is 2. The second-order valence-corrected chi connectivity index (χ2v) is 7.29. The highest BCUT2D eigenvalue weighted by Gasteiger charge is 2.33. The largest absolute Gasteiger partial charge is 0.496 e. The Hall–Kier alpha value is -3.75. The van der Waals surface area contributed by atoms with E-state index >= 15 is 0 Å². The standard InChI is InChI=1S/C23H27FN6O2/c1-7-18(13(2)27-4)30-21(31)12-29(5)19-11-28-17-9-20(32-6)14(8-15(17)22(19)30)16(10-26-3)23(24)25/h7-11,25-26H,12H2,1-6H3/b16-10-,18-7+,25-23?,27-13-. The molecule has 0 spiro atoms. The summed E-state index contributed by atoms with van der Waals surface area (Å²) in [5.41, 5.74) is 3.74. The van der Waals surface area contributed by atoms with Gasteiger partial charge in [0.15, 0.2) is 0 Å². The van der Waals surface area contributed by atoms with E-state index in [4.69, 9.17) is 10.1 Å². The van der Waals surface area contributed by atoms with E-state index < -0.39 is 5.97 Å². The average molecular weight is 439 g/mol. The Kier molecular flexibility index (Phi) is 6.57. The van der Waals surface area contributed by atoms with Crippen LogP contribution in [0.3, 0.4) is 0 Å². The van der Waals surface area contributed by atoms with Crippen LogP contribution in [0.15, 0.2) is 41.3 Å². The predicted octanol–water partition coefficient (Wildman–Crippen LogP) is 3.53. The molecule has 0 aliphatic carbocycles. The summed E-state index contributed by atoms with van der Waals surface area (Å²) in [6, 6.07) is 3.40. The van der Waals surface area contributed by atoms with Crippen molar-refractivity contribution in [2.45, 2.75) is 13.8 Å². The number of allylic oxidation sites excluding steroid dienone is 3. The first-order valence-electron chi connectivity index (χ1n) is 10.1. The van der Waals surface area contributed by atoms with Crippen molar-refractivity contribution in [3.8, 4) is 5.75 Å². The molecule has 9 heteroatoms. The van der Waals surface area contributed by atoms with Crippen LogP contribution < -0.4 is 19.9 Å². The van der Waals surface area contributed by atoms with Gasteiger partial charge < -0.3 is 15.0 Å². The molecule has 2 N–H and O–H groups in total. The second-order valence-electron chi connectivity index (χ2n) is 7.29. The van der Waals surface area contributed by atoms with E-state index in [1.54, 1.807) is 37.3 Å². The number of rotatable bonds is 6.